The molecule has 0 fully saturated rings. The molecule has 0 aromatic heterocycles. The molecule has 0 aliphatic carbocycles. The van der Waals surface area contributed by atoms with Crippen LogP contribution in [-0.2, 0) is 11.2 Å². The van der Waals surface area contributed by atoms with Crippen LogP contribution >= 0.6 is 11.6 Å². The van der Waals surface area contributed by atoms with Crippen LogP contribution in [0.15, 0.2) is 24.3 Å². The molecule has 1 rings (SSSR count). The molecule has 1 aromatic carbocycles. The summed E-state index contributed by atoms with van der Waals surface area (Å²) in [6, 6.07) is 6.97. The lowest BCUT2D eigenvalue weighted by Gasteiger charge is -2.08. The second kappa shape index (κ2) is 9.37. The molecule has 0 radical (unpaired) electrons. The molecular weight excluding hydrogens is 222 g/mol. The molecule has 0 saturated carbocycles. The third-order valence-corrected chi connectivity index (χ3v) is 2.29. The number of carbonyl (C=O) groups is 1. The molecule has 0 amide bonds. The van der Waals surface area contributed by atoms with Gasteiger partial charge < -0.3 is 5.73 Å². The highest BCUT2D eigenvalue weighted by molar-refractivity contribution is 6.31. The van der Waals surface area contributed by atoms with Gasteiger partial charge in [0, 0.05) is 5.02 Å². The third-order valence-electron chi connectivity index (χ3n) is 1.92. The molecule has 0 saturated heterocycles. The monoisotopic (exact) mass is 243 g/mol. The standard InChI is InChI=1S/C10H12ClNO.C2H6.CH4/c1-7(13)10(12)6-8-4-2-3-5-9(8)11;1-2;/h2-5,10H,6,12H2,1H3;1-2H3;1H4. The lowest BCUT2D eigenvalue weighted by Crippen LogP contribution is -2.30. The highest BCUT2D eigenvalue weighted by Gasteiger charge is 2.10. The second-order valence-electron chi connectivity index (χ2n) is 3.01. The molecule has 1 unspecified atom stereocenters. The van der Waals surface area contributed by atoms with E-state index in [1.54, 1.807) is 6.07 Å². The molecule has 2 nitrogen and oxygen atoms in total. The first-order valence-corrected chi connectivity index (χ1v) is 5.48. The van der Waals surface area contributed by atoms with E-state index in [4.69, 9.17) is 17.3 Å². The van der Waals surface area contributed by atoms with Gasteiger partial charge in [0.2, 0.25) is 0 Å². The summed E-state index contributed by atoms with van der Waals surface area (Å²) in [5, 5.41) is 0.666. The van der Waals surface area contributed by atoms with Crippen molar-refractivity contribution in [2.24, 2.45) is 5.73 Å². The Morgan fingerprint density at radius 1 is 1.38 bits per heavy atom. The van der Waals surface area contributed by atoms with Gasteiger partial charge in [0.1, 0.15) is 5.78 Å². The molecule has 2 N–H and O–H groups in total. The van der Waals surface area contributed by atoms with Crippen molar-refractivity contribution in [3.8, 4) is 0 Å². The molecule has 3 heteroatoms. The fourth-order valence-corrected chi connectivity index (χ4v) is 1.26. The maximum Gasteiger partial charge on any atom is 0.146 e. The number of ketones is 1. The zero-order valence-corrected chi connectivity index (χ0v) is 10.2. The first-order chi connectivity index (χ1) is 7.11. The summed E-state index contributed by atoms with van der Waals surface area (Å²) in [6.07, 6.45) is 0.509. The molecular formula is C13H22ClNO. The van der Waals surface area contributed by atoms with Crippen LogP contribution in [0, 0.1) is 0 Å². The van der Waals surface area contributed by atoms with E-state index in [0.29, 0.717) is 11.4 Å². The minimum Gasteiger partial charge on any atom is -0.321 e. The second-order valence-corrected chi connectivity index (χ2v) is 3.42. The summed E-state index contributed by atoms with van der Waals surface area (Å²) in [5.41, 5.74) is 6.53. The van der Waals surface area contributed by atoms with E-state index in [-0.39, 0.29) is 13.2 Å². The summed E-state index contributed by atoms with van der Waals surface area (Å²) in [6.45, 7) is 5.49. The molecule has 0 aliphatic heterocycles. The van der Waals surface area contributed by atoms with Gasteiger partial charge in [0.05, 0.1) is 6.04 Å². The predicted octanol–water partition coefficient (Wildman–Crippen LogP) is 3.46. The molecule has 1 atom stereocenters. The predicted molar refractivity (Wildman–Crippen MR) is 71.9 cm³/mol. The van der Waals surface area contributed by atoms with Gasteiger partial charge >= 0.3 is 0 Å². The maximum absolute atomic E-state index is 10.9. The average Bonchev–Trinajstić information content (AvgIpc) is 2.24. The van der Waals surface area contributed by atoms with E-state index in [1.165, 1.54) is 6.92 Å². The lowest BCUT2D eigenvalue weighted by atomic mass is 10.0. The largest absolute Gasteiger partial charge is 0.321 e. The Kier molecular flexibility index (Phi) is 10.3. The van der Waals surface area contributed by atoms with Crippen LogP contribution in [0.4, 0.5) is 0 Å². The smallest absolute Gasteiger partial charge is 0.146 e. The maximum atomic E-state index is 10.9. The number of nitrogens with two attached hydrogens (primary N) is 1. The number of benzene rings is 1. The van der Waals surface area contributed by atoms with E-state index < -0.39 is 6.04 Å². The first-order valence-electron chi connectivity index (χ1n) is 5.10. The van der Waals surface area contributed by atoms with Gasteiger partial charge in [-0.3, -0.25) is 4.79 Å². The van der Waals surface area contributed by atoms with Gasteiger partial charge in [-0.1, -0.05) is 51.1 Å². The van der Waals surface area contributed by atoms with Crippen molar-refractivity contribution in [3.05, 3.63) is 34.9 Å². The van der Waals surface area contributed by atoms with E-state index >= 15 is 0 Å². The summed E-state index contributed by atoms with van der Waals surface area (Å²) in [5.74, 6) is -0.0140. The van der Waals surface area contributed by atoms with Crippen molar-refractivity contribution < 1.29 is 4.79 Å². The van der Waals surface area contributed by atoms with Crippen molar-refractivity contribution in [2.75, 3.05) is 0 Å². The summed E-state index contributed by atoms with van der Waals surface area (Å²) < 4.78 is 0. The topological polar surface area (TPSA) is 43.1 Å². The fourth-order valence-electron chi connectivity index (χ4n) is 1.04. The van der Waals surface area contributed by atoms with Crippen molar-refractivity contribution in [1.29, 1.82) is 0 Å². The average molecular weight is 244 g/mol. The summed E-state index contributed by atoms with van der Waals surface area (Å²) in [4.78, 5) is 10.9. The zero-order valence-electron chi connectivity index (χ0n) is 9.46. The van der Waals surface area contributed by atoms with Gasteiger partial charge in [-0.25, -0.2) is 0 Å². The van der Waals surface area contributed by atoms with Crippen LogP contribution in [0.3, 0.4) is 0 Å². The molecule has 1 aromatic rings. The van der Waals surface area contributed by atoms with Crippen molar-refractivity contribution >= 4 is 17.4 Å². The molecule has 0 heterocycles. The molecule has 0 bridgehead atoms. The number of hydrogen-bond acceptors (Lipinski definition) is 2. The van der Waals surface area contributed by atoms with Crippen molar-refractivity contribution in [2.45, 2.75) is 40.7 Å². The normalized spacial score (nSPS) is 10.6. The van der Waals surface area contributed by atoms with Gasteiger partial charge in [-0.15, -0.1) is 0 Å². The quantitative estimate of drug-likeness (QED) is 0.884. The SMILES string of the molecule is C.CC.CC(=O)C(N)Cc1ccccc1Cl. The number of halogens is 1. The number of carbonyl (C=O) groups excluding carboxylic acids is 1. The van der Waals surface area contributed by atoms with E-state index in [2.05, 4.69) is 0 Å². The Labute approximate surface area is 104 Å². The van der Waals surface area contributed by atoms with Gasteiger partial charge in [-0.2, -0.15) is 0 Å². The molecule has 0 spiro atoms. The van der Waals surface area contributed by atoms with Crippen molar-refractivity contribution in [3.63, 3.8) is 0 Å². The highest BCUT2D eigenvalue weighted by atomic mass is 35.5. The number of Topliss-reactive ketones (excluding diaryl/α,β-unsaturated/α-hetero) is 1. The Morgan fingerprint density at radius 3 is 2.31 bits per heavy atom. The van der Waals surface area contributed by atoms with Crippen LogP contribution in [0.1, 0.15) is 33.8 Å². The van der Waals surface area contributed by atoms with Crippen molar-refractivity contribution in [1.82, 2.24) is 0 Å². The lowest BCUT2D eigenvalue weighted by molar-refractivity contribution is -0.118. The van der Waals surface area contributed by atoms with Crippen LogP contribution in [0.2, 0.25) is 5.02 Å². The summed E-state index contributed by atoms with van der Waals surface area (Å²) in [7, 11) is 0. The van der Waals surface area contributed by atoms with Crippen LogP contribution in [0.5, 0.6) is 0 Å². The van der Waals surface area contributed by atoms with Gasteiger partial charge in [0.25, 0.3) is 0 Å². The Morgan fingerprint density at radius 2 is 1.88 bits per heavy atom. The molecule has 92 valence electrons. The van der Waals surface area contributed by atoms with Crippen LogP contribution < -0.4 is 5.73 Å². The third kappa shape index (κ3) is 5.89. The Bertz CT molecular complexity index is 313. The number of hydrogen-bond donors (Lipinski definition) is 1. The summed E-state index contributed by atoms with van der Waals surface area (Å²) >= 11 is 5.91. The highest BCUT2D eigenvalue weighted by Crippen LogP contribution is 2.16. The Hall–Kier alpha value is -0.860. The number of rotatable bonds is 3. The molecule has 16 heavy (non-hydrogen) atoms. The Balaban J connectivity index is 0. The van der Waals surface area contributed by atoms with E-state index in [9.17, 15) is 4.79 Å². The molecule has 0 aliphatic rings. The van der Waals surface area contributed by atoms with E-state index in [1.807, 2.05) is 32.0 Å². The van der Waals surface area contributed by atoms with E-state index in [0.717, 1.165) is 5.56 Å². The van der Waals surface area contributed by atoms with Crippen LogP contribution in [-0.4, -0.2) is 11.8 Å². The van der Waals surface area contributed by atoms with Crippen LogP contribution in [0.25, 0.3) is 0 Å². The van der Waals surface area contributed by atoms with Gasteiger partial charge in [-0.05, 0) is 25.0 Å². The first kappa shape index (κ1) is 17.5. The van der Waals surface area contributed by atoms with Gasteiger partial charge in [0.15, 0.2) is 0 Å². The minimum atomic E-state index is -0.445. The zero-order chi connectivity index (χ0) is 11.8. The fraction of sp³-hybridized carbons (Fsp3) is 0.462. The minimum absolute atomic E-state index is 0.